The third kappa shape index (κ3) is 2.37. The average molecular weight is 282 g/mol. The molecule has 2 N–H and O–H groups in total. The molecule has 1 aliphatic carbocycles. The van der Waals surface area contributed by atoms with Crippen LogP contribution in [0.4, 0.5) is 5.69 Å². The van der Waals surface area contributed by atoms with Crippen molar-refractivity contribution >= 4 is 5.69 Å². The topological polar surface area (TPSA) is 48.1 Å². The van der Waals surface area contributed by atoms with Crippen LogP contribution in [-0.2, 0) is 12.8 Å². The van der Waals surface area contributed by atoms with Gasteiger partial charge < -0.3 is 10.5 Å². The number of hydrogen-bond donors (Lipinski definition) is 1. The summed E-state index contributed by atoms with van der Waals surface area (Å²) in [5.41, 5.74) is 14.3. The summed E-state index contributed by atoms with van der Waals surface area (Å²) in [7, 11) is 1.69. The maximum absolute atomic E-state index is 6.52. The Morgan fingerprint density at radius 3 is 2.67 bits per heavy atom. The molecular weight excluding hydrogens is 260 g/mol. The molecule has 1 aliphatic rings. The minimum atomic E-state index is 0.854. The first-order valence-electron chi connectivity index (χ1n) is 7.54. The number of ether oxygens (including phenoxy) is 1. The molecule has 1 aromatic heterocycles. The van der Waals surface area contributed by atoms with Crippen molar-refractivity contribution in [3.8, 4) is 16.9 Å². The summed E-state index contributed by atoms with van der Waals surface area (Å²) in [6, 6.07) is 6.12. The molecule has 21 heavy (non-hydrogen) atoms. The summed E-state index contributed by atoms with van der Waals surface area (Å²) in [6.07, 6.45) is 4.52. The van der Waals surface area contributed by atoms with Gasteiger partial charge in [-0.2, -0.15) is 0 Å². The monoisotopic (exact) mass is 282 g/mol. The summed E-state index contributed by atoms with van der Waals surface area (Å²) >= 11 is 0. The zero-order chi connectivity index (χ0) is 15.0. The van der Waals surface area contributed by atoms with Gasteiger partial charge in [-0.25, -0.2) is 0 Å². The predicted octanol–water partition coefficient (Wildman–Crippen LogP) is 3.84. The fourth-order valence-corrected chi connectivity index (χ4v) is 3.24. The molecule has 0 unspecified atom stereocenters. The van der Waals surface area contributed by atoms with Crippen LogP contribution in [0.5, 0.6) is 5.75 Å². The summed E-state index contributed by atoms with van der Waals surface area (Å²) in [6.45, 7) is 4.16. The Labute approximate surface area is 126 Å². The van der Waals surface area contributed by atoms with Gasteiger partial charge in [-0.05, 0) is 68.4 Å². The lowest BCUT2D eigenvalue weighted by Crippen LogP contribution is -2.12. The Morgan fingerprint density at radius 1 is 1.14 bits per heavy atom. The van der Waals surface area contributed by atoms with Crippen molar-refractivity contribution in [3.05, 3.63) is 40.7 Å². The second-order valence-corrected chi connectivity index (χ2v) is 5.80. The van der Waals surface area contributed by atoms with Gasteiger partial charge >= 0.3 is 0 Å². The lowest BCUT2D eigenvalue weighted by Gasteiger charge is -2.22. The van der Waals surface area contributed by atoms with Crippen LogP contribution in [0.2, 0.25) is 0 Å². The van der Waals surface area contributed by atoms with Crippen molar-refractivity contribution in [1.82, 2.24) is 4.98 Å². The van der Waals surface area contributed by atoms with Gasteiger partial charge in [0.1, 0.15) is 5.75 Å². The summed E-state index contributed by atoms with van der Waals surface area (Å²) in [5, 5.41) is 0. The standard InChI is InChI=1S/C18H22N2O/c1-11-8-9-13(21-3)10-15(11)17-12(2)20-16-7-5-4-6-14(16)18(17)19/h8-10H,4-7H2,1-3H3,(H2,19,20). The Kier molecular flexibility index (Phi) is 3.58. The molecule has 2 aromatic rings. The van der Waals surface area contributed by atoms with Gasteiger partial charge in [0.2, 0.25) is 0 Å². The van der Waals surface area contributed by atoms with E-state index in [9.17, 15) is 0 Å². The molecule has 110 valence electrons. The van der Waals surface area contributed by atoms with E-state index in [0.717, 1.165) is 41.1 Å². The number of nitrogens with two attached hydrogens (primary N) is 1. The lowest BCUT2D eigenvalue weighted by atomic mass is 9.89. The van der Waals surface area contributed by atoms with E-state index in [4.69, 9.17) is 15.5 Å². The molecule has 1 heterocycles. The Morgan fingerprint density at radius 2 is 1.90 bits per heavy atom. The van der Waals surface area contributed by atoms with Crippen LogP contribution in [0.15, 0.2) is 18.2 Å². The number of fused-ring (bicyclic) bond motifs is 1. The number of aromatic nitrogens is 1. The van der Waals surface area contributed by atoms with E-state index in [1.54, 1.807) is 7.11 Å². The first-order chi connectivity index (χ1) is 10.1. The van der Waals surface area contributed by atoms with E-state index in [2.05, 4.69) is 26.0 Å². The van der Waals surface area contributed by atoms with Crippen molar-refractivity contribution in [2.75, 3.05) is 12.8 Å². The van der Waals surface area contributed by atoms with Gasteiger partial charge in [-0.3, -0.25) is 4.98 Å². The molecule has 0 spiro atoms. The second-order valence-electron chi connectivity index (χ2n) is 5.80. The number of pyridine rings is 1. The van der Waals surface area contributed by atoms with Crippen LogP contribution in [0.3, 0.4) is 0 Å². The predicted molar refractivity (Wildman–Crippen MR) is 86.8 cm³/mol. The van der Waals surface area contributed by atoms with Crippen molar-refractivity contribution in [2.24, 2.45) is 0 Å². The third-order valence-electron chi connectivity index (χ3n) is 4.41. The van der Waals surface area contributed by atoms with E-state index in [1.165, 1.54) is 29.7 Å². The van der Waals surface area contributed by atoms with Crippen LogP contribution in [0, 0.1) is 13.8 Å². The first-order valence-corrected chi connectivity index (χ1v) is 7.54. The number of benzene rings is 1. The van der Waals surface area contributed by atoms with E-state index in [0.29, 0.717) is 0 Å². The fourth-order valence-electron chi connectivity index (χ4n) is 3.24. The van der Waals surface area contributed by atoms with Gasteiger partial charge in [0.05, 0.1) is 7.11 Å². The van der Waals surface area contributed by atoms with Crippen LogP contribution in [0.1, 0.15) is 35.4 Å². The van der Waals surface area contributed by atoms with Gasteiger partial charge in [-0.15, -0.1) is 0 Å². The molecule has 1 aromatic carbocycles. The summed E-state index contributed by atoms with van der Waals surface area (Å²) in [4.78, 5) is 4.83. The molecule has 0 bridgehead atoms. The Bertz CT molecular complexity index is 692. The quantitative estimate of drug-likeness (QED) is 0.910. The fraction of sp³-hybridized carbons (Fsp3) is 0.389. The molecule has 0 amide bonds. The SMILES string of the molecule is COc1ccc(C)c(-c2c(C)nc3c(c2N)CCCC3)c1. The van der Waals surface area contributed by atoms with E-state index < -0.39 is 0 Å². The van der Waals surface area contributed by atoms with Crippen molar-refractivity contribution < 1.29 is 4.74 Å². The molecule has 0 saturated carbocycles. The maximum atomic E-state index is 6.52. The number of aryl methyl sites for hydroxylation is 3. The highest BCUT2D eigenvalue weighted by molar-refractivity contribution is 5.83. The Balaban J connectivity index is 2.23. The van der Waals surface area contributed by atoms with Gasteiger partial charge in [-0.1, -0.05) is 6.07 Å². The summed E-state index contributed by atoms with van der Waals surface area (Å²) < 4.78 is 5.36. The van der Waals surface area contributed by atoms with E-state index in [-0.39, 0.29) is 0 Å². The van der Waals surface area contributed by atoms with Crippen molar-refractivity contribution in [2.45, 2.75) is 39.5 Å². The third-order valence-corrected chi connectivity index (χ3v) is 4.41. The number of anilines is 1. The van der Waals surface area contributed by atoms with Crippen LogP contribution in [-0.4, -0.2) is 12.1 Å². The highest BCUT2D eigenvalue weighted by atomic mass is 16.5. The zero-order valence-electron chi connectivity index (χ0n) is 13.0. The molecular formula is C18H22N2O. The molecule has 3 nitrogen and oxygen atoms in total. The number of nitrogen functional groups attached to an aromatic ring is 1. The van der Waals surface area contributed by atoms with Crippen LogP contribution >= 0.6 is 0 Å². The van der Waals surface area contributed by atoms with Crippen LogP contribution < -0.4 is 10.5 Å². The molecule has 0 fully saturated rings. The van der Waals surface area contributed by atoms with Crippen molar-refractivity contribution in [3.63, 3.8) is 0 Å². The normalized spacial score (nSPS) is 13.9. The smallest absolute Gasteiger partial charge is 0.119 e. The molecule has 0 aliphatic heterocycles. The molecule has 3 rings (SSSR count). The number of nitrogens with zero attached hydrogens (tertiary/aromatic N) is 1. The Hall–Kier alpha value is -2.03. The van der Waals surface area contributed by atoms with Gasteiger partial charge in [0.15, 0.2) is 0 Å². The minimum absolute atomic E-state index is 0.854. The minimum Gasteiger partial charge on any atom is -0.497 e. The zero-order valence-corrected chi connectivity index (χ0v) is 13.0. The molecule has 0 atom stereocenters. The molecule has 0 saturated heterocycles. The molecule has 0 radical (unpaired) electrons. The highest BCUT2D eigenvalue weighted by Gasteiger charge is 2.20. The van der Waals surface area contributed by atoms with E-state index in [1.807, 2.05) is 6.07 Å². The van der Waals surface area contributed by atoms with Crippen molar-refractivity contribution in [1.29, 1.82) is 0 Å². The average Bonchev–Trinajstić information content (AvgIpc) is 2.49. The van der Waals surface area contributed by atoms with Gasteiger partial charge in [0, 0.05) is 22.6 Å². The number of hydrogen-bond acceptors (Lipinski definition) is 3. The first kappa shape index (κ1) is 13.9. The van der Waals surface area contributed by atoms with E-state index >= 15 is 0 Å². The second kappa shape index (κ2) is 5.40. The van der Waals surface area contributed by atoms with Crippen LogP contribution in [0.25, 0.3) is 11.1 Å². The largest absolute Gasteiger partial charge is 0.497 e. The summed E-state index contributed by atoms with van der Waals surface area (Å²) in [5.74, 6) is 0.854. The number of rotatable bonds is 2. The lowest BCUT2D eigenvalue weighted by molar-refractivity contribution is 0.415. The highest BCUT2D eigenvalue weighted by Crippen LogP contribution is 2.38. The maximum Gasteiger partial charge on any atom is 0.119 e. The molecule has 3 heteroatoms. The van der Waals surface area contributed by atoms with Gasteiger partial charge in [0.25, 0.3) is 0 Å². The number of methoxy groups -OCH3 is 1.